The number of carbonyl (C=O) groups excluding carboxylic acids is 1. The van der Waals surface area contributed by atoms with Crippen molar-refractivity contribution in [1.82, 2.24) is 14.8 Å². The number of aromatic nitrogens is 3. The Morgan fingerprint density at radius 1 is 0.909 bits per heavy atom. The van der Waals surface area contributed by atoms with E-state index in [-0.39, 0.29) is 5.78 Å². The highest BCUT2D eigenvalue weighted by atomic mass is 16.1. The zero-order chi connectivity index (χ0) is 15.4. The third-order valence-corrected chi connectivity index (χ3v) is 3.91. The summed E-state index contributed by atoms with van der Waals surface area (Å²) in [6.07, 6.45) is 3.63. The molecule has 0 fully saturated rings. The number of hydrogen-bond donors (Lipinski definition) is 0. The highest BCUT2D eigenvalue weighted by Crippen LogP contribution is 2.35. The van der Waals surface area contributed by atoms with Crippen molar-refractivity contribution in [2.75, 3.05) is 0 Å². The van der Waals surface area contributed by atoms with E-state index in [1.165, 1.54) is 0 Å². The molecule has 4 heteroatoms. The molecule has 1 aromatic heterocycles. The largest absolute Gasteiger partial charge is 0.298 e. The molecule has 0 radical (unpaired) electrons. The van der Waals surface area contributed by atoms with Gasteiger partial charge in [0, 0.05) is 6.42 Å². The highest BCUT2D eigenvalue weighted by molar-refractivity contribution is 5.93. The molecule has 0 saturated carbocycles. The van der Waals surface area contributed by atoms with E-state index in [1.54, 1.807) is 17.2 Å². The summed E-state index contributed by atoms with van der Waals surface area (Å²) < 4.78 is 1.80. The molecule has 4 nitrogen and oxygen atoms in total. The van der Waals surface area contributed by atoms with Crippen molar-refractivity contribution >= 4 is 5.78 Å². The van der Waals surface area contributed by atoms with Crippen molar-refractivity contribution in [3.8, 4) is 0 Å². The molecule has 1 heterocycles. The summed E-state index contributed by atoms with van der Waals surface area (Å²) >= 11 is 0. The predicted octanol–water partition coefficient (Wildman–Crippen LogP) is 3.05. The van der Waals surface area contributed by atoms with Crippen LogP contribution in [0.1, 0.15) is 24.5 Å². The SMILES string of the molecule is CCC(=O)C(c1ccccc1)(c1ccccc1)n1cnnc1. The van der Waals surface area contributed by atoms with Gasteiger partial charge in [0.15, 0.2) is 11.3 Å². The lowest BCUT2D eigenvalue weighted by molar-refractivity contribution is -0.123. The van der Waals surface area contributed by atoms with Crippen LogP contribution in [0.4, 0.5) is 0 Å². The second-order valence-electron chi connectivity index (χ2n) is 5.09. The van der Waals surface area contributed by atoms with Crippen LogP contribution in [0.3, 0.4) is 0 Å². The first-order valence-corrected chi connectivity index (χ1v) is 7.29. The van der Waals surface area contributed by atoms with Crippen LogP contribution in [0.25, 0.3) is 0 Å². The van der Waals surface area contributed by atoms with Gasteiger partial charge in [-0.2, -0.15) is 0 Å². The molecule has 3 aromatic rings. The molecule has 0 aliphatic carbocycles. The van der Waals surface area contributed by atoms with Crippen LogP contribution < -0.4 is 0 Å². The van der Waals surface area contributed by atoms with Crippen molar-refractivity contribution in [3.05, 3.63) is 84.4 Å². The Morgan fingerprint density at radius 2 is 1.36 bits per heavy atom. The maximum Gasteiger partial charge on any atom is 0.167 e. The van der Waals surface area contributed by atoms with E-state index in [1.807, 2.05) is 67.6 Å². The normalized spacial score (nSPS) is 11.3. The molecule has 0 aliphatic rings. The van der Waals surface area contributed by atoms with Crippen LogP contribution in [0.15, 0.2) is 73.3 Å². The number of carbonyl (C=O) groups is 1. The Morgan fingerprint density at radius 3 is 1.77 bits per heavy atom. The summed E-state index contributed by atoms with van der Waals surface area (Å²) in [6.45, 7) is 1.88. The van der Waals surface area contributed by atoms with Gasteiger partial charge < -0.3 is 0 Å². The summed E-state index contributed by atoms with van der Waals surface area (Å²) in [7, 11) is 0. The maximum absolute atomic E-state index is 13.1. The molecule has 110 valence electrons. The van der Waals surface area contributed by atoms with Crippen molar-refractivity contribution in [1.29, 1.82) is 0 Å². The minimum Gasteiger partial charge on any atom is -0.298 e. The van der Waals surface area contributed by atoms with Gasteiger partial charge in [-0.15, -0.1) is 10.2 Å². The lowest BCUT2D eigenvalue weighted by atomic mass is 9.78. The fourth-order valence-corrected chi connectivity index (χ4v) is 2.92. The molecule has 0 bridgehead atoms. The molecule has 0 atom stereocenters. The fourth-order valence-electron chi connectivity index (χ4n) is 2.92. The van der Waals surface area contributed by atoms with Gasteiger partial charge in [-0.25, -0.2) is 0 Å². The molecular weight excluding hydrogens is 274 g/mol. The van der Waals surface area contributed by atoms with Gasteiger partial charge in [0.25, 0.3) is 0 Å². The van der Waals surface area contributed by atoms with Crippen molar-refractivity contribution in [2.45, 2.75) is 18.9 Å². The van der Waals surface area contributed by atoms with Crippen LogP contribution in [0.2, 0.25) is 0 Å². The molecule has 2 aromatic carbocycles. The lowest BCUT2D eigenvalue weighted by Crippen LogP contribution is -2.43. The first kappa shape index (κ1) is 14.2. The third-order valence-electron chi connectivity index (χ3n) is 3.91. The first-order chi connectivity index (χ1) is 10.8. The van der Waals surface area contributed by atoms with Gasteiger partial charge in [0.2, 0.25) is 0 Å². The summed E-state index contributed by atoms with van der Waals surface area (Å²) in [5, 5.41) is 7.83. The van der Waals surface area contributed by atoms with Gasteiger partial charge in [0.05, 0.1) is 0 Å². The molecule has 0 saturated heterocycles. The topological polar surface area (TPSA) is 47.8 Å². The summed E-state index contributed by atoms with van der Waals surface area (Å²) in [5.74, 6) is 0.102. The van der Waals surface area contributed by atoms with E-state index in [4.69, 9.17) is 0 Å². The number of rotatable bonds is 5. The molecule has 0 unspecified atom stereocenters. The molecule has 0 spiro atoms. The smallest absolute Gasteiger partial charge is 0.167 e. The fraction of sp³-hybridized carbons (Fsp3) is 0.167. The van der Waals surface area contributed by atoms with Gasteiger partial charge >= 0.3 is 0 Å². The minimum absolute atomic E-state index is 0.102. The van der Waals surface area contributed by atoms with Crippen molar-refractivity contribution in [3.63, 3.8) is 0 Å². The van der Waals surface area contributed by atoms with Crippen LogP contribution in [0.5, 0.6) is 0 Å². The van der Waals surface area contributed by atoms with Crippen molar-refractivity contribution in [2.24, 2.45) is 0 Å². The highest BCUT2D eigenvalue weighted by Gasteiger charge is 2.42. The Kier molecular flexibility index (Phi) is 3.83. The predicted molar refractivity (Wildman–Crippen MR) is 84.4 cm³/mol. The zero-order valence-corrected chi connectivity index (χ0v) is 12.4. The second-order valence-corrected chi connectivity index (χ2v) is 5.09. The van der Waals surface area contributed by atoms with E-state index >= 15 is 0 Å². The first-order valence-electron chi connectivity index (χ1n) is 7.29. The Hall–Kier alpha value is -2.75. The van der Waals surface area contributed by atoms with E-state index in [0.29, 0.717) is 6.42 Å². The van der Waals surface area contributed by atoms with Gasteiger partial charge in [0.1, 0.15) is 12.7 Å². The van der Waals surface area contributed by atoms with Gasteiger partial charge in [-0.05, 0) is 11.1 Å². The van der Waals surface area contributed by atoms with Crippen molar-refractivity contribution < 1.29 is 4.79 Å². The van der Waals surface area contributed by atoms with E-state index in [9.17, 15) is 4.79 Å². The Labute approximate surface area is 129 Å². The lowest BCUT2D eigenvalue weighted by Gasteiger charge is -2.34. The Balaban J connectivity index is 2.36. The summed E-state index contributed by atoms with van der Waals surface area (Å²) in [4.78, 5) is 13.1. The summed E-state index contributed by atoms with van der Waals surface area (Å²) in [5.41, 5.74) is 0.890. The minimum atomic E-state index is -0.930. The molecule has 22 heavy (non-hydrogen) atoms. The molecule has 3 rings (SSSR count). The van der Waals surface area contributed by atoms with Crippen LogP contribution >= 0.6 is 0 Å². The van der Waals surface area contributed by atoms with Crippen LogP contribution in [0, 0.1) is 0 Å². The zero-order valence-electron chi connectivity index (χ0n) is 12.4. The maximum atomic E-state index is 13.1. The number of nitrogens with zero attached hydrogens (tertiary/aromatic N) is 3. The molecule has 0 aliphatic heterocycles. The Bertz CT molecular complexity index is 697. The van der Waals surface area contributed by atoms with Gasteiger partial charge in [-0.3, -0.25) is 9.36 Å². The standard InChI is InChI=1S/C18H17N3O/c1-2-17(22)18(21-13-19-20-14-21,15-9-5-3-6-10-15)16-11-7-4-8-12-16/h3-14H,2H2,1H3. The average molecular weight is 291 g/mol. The number of Topliss-reactive ketones (excluding diaryl/α,β-unsaturated/α-hetero) is 1. The van der Waals surface area contributed by atoms with Crippen LogP contribution in [-0.2, 0) is 10.3 Å². The third kappa shape index (κ3) is 2.13. The molecule has 0 amide bonds. The number of ketones is 1. The molecule has 0 N–H and O–H groups in total. The quantitative estimate of drug-likeness (QED) is 0.726. The van der Waals surface area contributed by atoms with E-state index < -0.39 is 5.54 Å². The van der Waals surface area contributed by atoms with Gasteiger partial charge in [-0.1, -0.05) is 67.6 Å². The number of hydrogen-bond acceptors (Lipinski definition) is 3. The van der Waals surface area contributed by atoms with Crippen LogP contribution in [-0.4, -0.2) is 20.5 Å². The molecular formula is C18H17N3O. The van der Waals surface area contributed by atoms with E-state index in [0.717, 1.165) is 11.1 Å². The summed E-state index contributed by atoms with van der Waals surface area (Å²) in [6, 6.07) is 19.6. The van der Waals surface area contributed by atoms with E-state index in [2.05, 4.69) is 10.2 Å². The average Bonchev–Trinajstić information content (AvgIpc) is 3.12. The second kappa shape index (κ2) is 5.93. The number of benzene rings is 2. The monoisotopic (exact) mass is 291 g/mol.